The van der Waals surface area contributed by atoms with Gasteiger partial charge in [0.05, 0.1) is 18.1 Å². The lowest BCUT2D eigenvalue weighted by Crippen LogP contribution is -2.46. The molecule has 1 aliphatic rings. The van der Waals surface area contributed by atoms with Crippen LogP contribution in [0.4, 0.5) is 13.2 Å². The van der Waals surface area contributed by atoms with Crippen molar-refractivity contribution >= 4 is 11.8 Å². The van der Waals surface area contributed by atoms with Gasteiger partial charge >= 0.3 is 6.18 Å². The number of halogens is 3. The van der Waals surface area contributed by atoms with Crippen molar-refractivity contribution in [3.63, 3.8) is 0 Å². The minimum atomic E-state index is -4.50. The summed E-state index contributed by atoms with van der Waals surface area (Å²) in [6.07, 6.45) is -3.22. The van der Waals surface area contributed by atoms with Crippen LogP contribution in [0.15, 0.2) is 24.3 Å². The van der Waals surface area contributed by atoms with Crippen LogP contribution in [0.25, 0.3) is 0 Å². The number of amides is 2. The van der Waals surface area contributed by atoms with Gasteiger partial charge < -0.3 is 15.0 Å². The quantitative estimate of drug-likeness (QED) is 0.822. The summed E-state index contributed by atoms with van der Waals surface area (Å²) in [7, 11) is 1.53. The Hall–Kier alpha value is -2.09. The molecule has 0 radical (unpaired) electrons. The van der Waals surface area contributed by atoms with Crippen molar-refractivity contribution in [3.8, 4) is 0 Å². The molecule has 1 aromatic carbocycles. The SMILES string of the molecule is COCCNC(=O)C1CCCN(C(=O)c2cccc(C(F)(F)F)c2)C1. The Kier molecular flexibility index (Phi) is 6.41. The van der Waals surface area contributed by atoms with Crippen LogP contribution in [0.1, 0.15) is 28.8 Å². The summed E-state index contributed by atoms with van der Waals surface area (Å²) in [5.74, 6) is -1.01. The molecule has 2 rings (SSSR count). The van der Waals surface area contributed by atoms with E-state index in [-0.39, 0.29) is 23.9 Å². The lowest BCUT2D eigenvalue weighted by Gasteiger charge is -2.32. The highest BCUT2D eigenvalue weighted by Gasteiger charge is 2.32. The first kappa shape index (κ1) is 19.2. The average Bonchev–Trinajstić information content (AvgIpc) is 2.60. The van der Waals surface area contributed by atoms with Crippen LogP contribution in [-0.2, 0) is 15.7 Å². The largest absolute Gasteiger partial charge is 0.416 e. The van der Waals surface area contributed by atoms with Crippen LogP contribution < -0.4 is 5.32 Å². The number of hydrogen-bond donors (Lipinski definition) is 1. The van der Waals surface area contributed by atoms with E-state index in [2.05, 4.69) is 5.32 Å². The zero-order valence-corrected chi connectivity index (χ0v) is 13.9. The molecule has 0 spiro atoms. The van der Waals surface area contributed by atoms with Gasteiger partial charge in [-0.1, -0.05) is 6.07 Å². The summed E-state index contributed by atoms with van der Waals surface area (Å²) in [6, 6.07) is 4.36. The van der Waals surface area contributed by atoms with E-state index in [4.69, 9.17) is 4.74 Å². The molecule has 0 aromatic heterocycles. The van der Waals surface area contributed by atoms with Crippen molar-refractivity contribution in [2.45, 2.75) is 19.0 Å². The Morgan fingerprint density at radius 2 is 2.12 bits per heavy atom. The van der Waals surface area contributed by atoms with E-state index in [1.807, 2.05) is 0 Å². The fourth-order valence-corrected chi connectivity index (χ4v) is 2.81. The highest BCUT2D eigenvalue weighted by molar-refractivity contribution is 5.95. The molecule has 1 atom stereocenters. The number of likely N-dealkylation sites (tertiary alicyclic amines) is 1. The fourth-order valence-electron chi connectivity index (χ4n) is 2.81. The average molecular weight is 358 g/mol. The highest BCUT2D eigenvalue weighted by atomic mass is 19.4. The van der Waals surface area contributed by atoms with E-state index in [0.717, 1.165) is 12.1 Å². The van der Waals surface area contributed by atoms with Crippen LogP contribution in [0.5, 0.6) is 0 Å². The summed E-state index contributed by atoms with van der Waals surface area (Å²) < 4.78 is 43.3. The van der Waals surface area contributed by atoms with Gasteiger partial charge in [0.15, 0.2) is 0 Å². The molecule has 138 valence electrons. The maximum Gasteiger partial charge on any atom is 0.416 e. The van der Waals surface area contributed by atoms with Crippen molar-refractivity contribution in [2.75, 3.05) is 33.4 Å². The van der Waals surface area contributed by atoms with Gasteiger partial charge in [-0.3, -0.25) is 9.59 Å². The van der Waals surface area contributed by atoms with Gasteiger partial charge in [0.2, 0.25) is 5.91 Å². The smallest absolute Gasteiger partial charge is 0.383 e. The summed E-state index contributed by atoms with van der Waals surface area (Å²) in [5.41, 5.74) is -0.875. The second-order valence-electron chi connectivity index (χ2n) is 5.95. The van der Waals surface area contributed by atoms with Crippen LogP contribution in [0, 0.1) is 5.92 Å². The number of piperidine rings is 1. The van der Waals surface area contributed by atoms with E-state index in [1.165, 1.54) is 24.1 Å². The van der Waals surface area contributed by atoms with Crippen LogP contribution in [-0.4, -0.2) is 50.1 Å². The third-order valence-electron chi connectivity index (χ3n) is 4.12. The molecule has 1 saturated heterocycles. The number of methoxy groups -OCH3 is 1. The molecular formula is C17H21F3N2O3. The first-order valence-electron chi connectivity index (χ1n) is 8.06. The molecule has 1 aliphatic heterocycles. The monoisotopic (exact) mass is 358 g/mol. The summed E-state index contributed by atoms with van der Waals surface area (Å²) in [5, 5.41) is 2.73. The summed E-state index contributed by atoms with van der Waals surface area (Å²) >= 11 is 0. The van der Waals surface area contributed by atoms with Gasteiger partial charge in [-0.25, -0.2) is 0 Å². The minimum absolute atomic E-state index is 0.0183. The number of carbonyl (C=O) groups is 2. The van der Waals surface area contributed by atoms with Crippen LogP contribution in [0.2, 0.25) is 0 Å². The molecule has 1 fully saturated rings. The Morgan fingerprint density at radius 3 is 2.80 bits per heavy atom. The van der Waals surface area contributed by atoms with Gasteiger partial charge in [0.25, 0.3) is 5.91 Å². The predicted octanol–water partition coefficient (Wildman–Crippen LogP) is 2.32. The number of ether oxygens (including phenoxy) is 1. The van der Waals surface area contributed by atoms with E-state index < -0.39 is 17.6 Å². The van der Waals surface area contributed by atoms with E-state index in [0.29, 0.717) is 32.5 Å². The number of rotatable bonds is 5. The van der Waals surface area contributed by atoms with Crippen molar-refractivity contribution in [3.05, 3.63) is 35.4 Å². The van der Waals surface area contributed by atoms with Crippen LogP contribution >= 0.6 is 0 Å². The normalized spacial score (nSPS) is 18.1. The molecular weight excluding hydrogens is 337 g/mol. The van der Waals surface area contributed by atoms with Gasteiger partial charge in [-0.2, -0.15) is 13.2 Å². The van der Waals surface area contributed by atoms with Crippen LogP contribution in [0.3, 0.4) is 0 Å². The molecule has 5 nitrogen and oxygen atoms in total. The molecule has 0 bridgehead atoms. The predicted molar refractivity (Wildman–Crippen MR) is 85.0 cm³/mol. The lowest BCUT2D eigenvalue weighted by molar-refractivity contribution is -0.137. The van der Waals surface area contributed by atoms with Gasteiger partial charge in [0.1, 0.15) is 0 Å². The molecule has 25 heavy (non-hydrogen) atoms. The number of carbonyl (C=O) groups excluding carboxylic acids is 2. The molecule has 1 N–H and O–H groups in total. The maximum absolute atomic E-state index is 12.8. The standard InChI is InChI=1S/C17H21F3N2O3/c1-25-9-7-21-15(23)13-5-3-8-22(11-13)16(24)12-4-2-6-14(10-12)17(18,19)20/h2,4,6,10,13H,3,5,7-9,11H2,1H3,(H,21,23). The van der Waals surface area contributed by atoms with E-state index in [1.54, 1.807) is 0 Å². The molecule has 1 aromatic rings. The molecule has 8 heteroatoms. The van der Waals surface area contributed by atoms with Gasteiger partial charge in [-0.05, 0) is 31.0 Å². The lowest BCUT2D eigenvalue weighted by atomic mass is 9.96. The van der Waals surface area contributed by atoms with Crippen molar-refractivity contribution in [1.82, 2.24) is 10.2 Å². The summed E-state index contributed by atoms with van der Waals surface area (Å²) in [6.45, 7) is 1.41. The van der Waals surface area contributed by atoms with Crippen molar-refractivity contribution < 1.29 is 27.5 Å². The first-order valence-corrected chi connectivity index (χ1v) is 8.06. The molecule has 1 heterocycles. The Labute approximate surface area is 144 Å². The number of benzene rings is 1. The third-order valence-corrected chi connectivity index (χ3v) is 4.12. The number of alkyl halides is 3. The number of hydrogen-bond acceptors (Lipinski definition) is 3. The van der Waals surface area contributed by atoms with E-state index in [9.17, 15) is 22.8 Å². The zero-order chi connectivity index (χ0) is 18.4. The van der Waals surface area contributed by atoms with E-state index >= 15 is 0 Å². The maximum atomic E-state index is 12.8. The number of nitrogens with zero attached hydrogens (tertiary/aromatic N) is 1. The van der Waals surface area contributed by atoms with Gasteiger partial charge in [-0.15, -0.1) is 0 Å². The molecule has 2 amide bonds. The number of nitrogens with one attached hydrogen (secondary N) is 1. The Balaban J connectivity index is 2.03. The second-order valence-corrected chi connectivity index (χ2v) is 5.95. The highest BCUT2D eigenvalue weighted by Crippen LogP contribution is 2.30. The zero-order valence-electron chi connectivity index (χ0n) is 13.9. The van der Waals surface area contributed by atoms with Crippen molar-refractivity contribution in [2.24, 2.45) is 5.92 Å². The molecule has 0 aliphatic carbocycles. The second kappa shape index (κ2) is 8.33. The van der Waals surface area contributed by atoms with Crippen molar-refractivity contribution in [1.29, 1.82) is 0 Å². The third kappa shape index (κ3) is 5.19. The minimum Gasteiger partial charge on any atom is -0.383 e. The molecule has 0 saturated carbocycles. The van der Waals surface area contributed by atoms with Gasteiger partial charge in [0, 0.05) is 32.3 Å². The summed E-state index contributed by atoms with van der Waals surface area (Å²) in [4.78, 5) is 26.1. The Bertz CT molecular complexity index is 619. The Morgan fingerprint density at radius 1 is 1.36 bits per heavy atom. The first-order chi connectivity index (χ1) is 11.8. The molecule has 1 unspecified atom stereocenters. The fraction of sp³-hybridized carbons (Fsp3) is 0.529. The topological polar surface area (TPSA) is 58.6 Å².